The fourth-order valence-corrected chi connectivity index (χ4v) is 0. The molecule has 8 heavy (non-hydrogen) atoms. The molecule has 0 saturated carbocycles. The fourth-order valence-electron chi connectivity index (χ4n) is 0. The molecule has 50 valence electrons. The molecule has 0 aliphatic rings. The Kier molecular flexibility index (Phi) is 387. The van der Waals surface area contributed by atoms with E-state index in [0.29, 0.717) is 0 Å². The first kappa shape index (κ1) is 45.3. The maximum Gasteiger partial charge on any atom is 3.00 e. The van der Waals surface area contributed by atoms with Gasteiger partial charge in [0.05, 0.1) is 0 Å². The van der Waals surface area contributed by atoms with E-state index in [-0.39, 0.29) is 22.5 Å². The van der Waals surface area contributed by atoms with Crippen LogP contribution in [0.4, 0.5) is 0 Å². The van der Waals surface area contributed by atoms with Crippen LogP contribution in [0.3, 0.4) is 0 Å². The van der Waals surface area contributed by atoms with E-state index in [2.05, 4.69) is 13.8 Å². The normalized spacial score (nSPS) is 3.75. The van der Waals surface area contributed by atoms with Gasteiger partial charge < -0.3 is 14.1 Å². The van der Waals surface area contributed by atoms with Crippen LogP contribution in [0, 0.1) is 0 Å². The Morgan fingerprint density at radius 3 is 0.875 bits per heavy atom. The monoisotopic (exact) mass is 126 g/mol. The maximum atomic E-state index is 2.18. The second-order valence-electron chi connectivity index (χ2n) is 1.000. The van der Waals surface area contributed by atoms with Crippen LogP contribution in [0.5, 0.6) is 0 Å². The molecule has 0 spiro atoms. The summed E-state index contributed by atoms with van der Waals surface area (Å²) in [6.45, 7) is 4.36. The molecule has 0 aromatic heterocycles. The van der Waals surface area contributed by atoms with Crippen LogP contribution in [0.2, 0.25) is 0 Å². The van der Waals surface area contributed by atoms with E-state index >= 15 is 0 Å². The van der Waals surface area contributed by atoms with Crippen molar-refractivity contribution in [2.75, 3.05) is 0 Å². The smallest absolute Gasteiger partial charge is 1.00 e. The van der Waals surface area contributed by atoms with E-state index in [1.165, 1.54) is 12.8 Å². The zero-order chi connectivity index (χ0) is 3.41. The molecule has 0 amide bonds. The molecule has 0 aliphatic carbocycles. The molecule has 4 heteroatoms. The van der Waals surface area contributed by atoms with Crippen molar-refractivity contribution in [1.29, 1.82) is 0 Å². The minimum atomic E-state index is 0. The van der Waals surface area contributed by atoms with Crippen molar-refractivity contribution in [2.24, 2.45) is 0 Å². The Morgan fingerprint density at radius 2 is 0.875 bits per heavy atom. The Morgan fingerprint density at radius 1 is 0.750 bits per heavy atom. The summed E-state index contributed by atoms with van der Waals surface area (Å²) in [6, 6.07) is 0. The Labute approximate surface area is 50.3 Å². The molecule has 0 aromatic rings. The average Bonchev–Trinajstić information content (AvgIpc) is 1.37. The molecular formula is C4H10BF3. The largest absolute Gasteiger partial charge is 3.00 e. The molecule has 0 aromatic carbocycles. The Balaban J connectivity index is -0.00000000750. The zero-order valence-corrected chi connectivity index (χ0v) is 5.13. The maximum absolute atomic E-state index is 2.18. The second-order valence-corrected chi connectivity index (χ2v) is 1.000. The molecule has 0 aliphatic heterocycles. The molecule has 0 heterocycles. The minimum Gasteiger partial charge on any atom is -1.00 e. The van der Waals surface area contributed by atoms with E-state index < -0.39 is 0 Å². The fraction of sp³-hybridized carbons (Fsp3) is 1.00. The standard InChI is InChI=1S/C4H10.B.3FH/c1-3-4-2;;;;/h3-4H2,1-2H3;;3*1H/q;+3;;;/p-3. The van der Waals surface area contributed by atoms with Crippen molar-refractivity contribution in [3.63, 3.8) is 0 Å². The third kappa shape index (κ3) is 189. The summed E-state index contributed by atoms with van der Waals surface area (Å²) in [7, 11) is 0. The first-order chi connectivity index (χ1) is 1.91. The summed E-state index contributed by atoms with van der Waals surface area (Å²) in [5, 5.41) is 0. The van der Waals surface area contributed by atoms with Crippen molar-refractivity contribution in [3.05, 3.63) is 0 Å². The summed E-state index contributed by atoms with van der Waals surface area (Å²) >= 11 is 0. The number of halogens is 3. The molecule has 0 N–H and O–H groups in total. The van der Waals surface area contributed by atoms with Gasteiger partial charge in [-0.2, -0.15) is 0 Å². The number of unbranched alkanes of at least 4 members (excludes halogenated alkanes) is 1. The first-order valence-electron chi connectivity index (χ1n) is 1.91. The van der Waals surface area contributed by atoms with E-state index in [0.717, 1.165) is 0 Å². The molecular weight excluding hydrogens is 116 g/mol. The second kappa shape index (κ2) is 68.3. The van der Waals surface area contributed by atoms with Gasteiger partial charge in [0.2, 0.25) is 0 Å². The minimum absolute atomic E-state index is 0. The number of hydrogen-bond acceptors (Lipinski definition) is 0. The molecule has 0 rings (SSSR count). The van der Waals surface area contributed by atoms with Crippen LogP contribution in [-0.4, -0.2) is 8.41 Å². The van der Waals surface area contributed by atoms with Crippen LogP contribution in [0.25, 0.3) is 0 Å². The predicted octanol–water partition coefficient (Wildman–Crippen LogP) is -7.56. The van der Waals surface area contributed by atoms with Crippen LogP contribution >= 0.6 is 0 Å². The van der Waals surface area contributed by atoms with Gasteiger partial charge >= 0.3 is 8.41 Å². The van der Waals surface area contributed by atoms with Gasteiger partial charge in [-0.25, -0.2) is 0 Å². The van der Waals surface area contributed by atoms with Gasteiger partial charge in [0.1, 0.15) is 0 Å². The van der Waals surface area contributed by atoms with Gasteiger partial charge in [-0.1, -0.05) is 26.7 Å². The van der Waals surface area contributed by atoms with Crippen molar-refractivity contribution >= 4 is 8.41 Å². The number of rotatable bonds is 1. The first-order valence-corrected chi connectivity index (χ1v) is 1.91. The van der Waals surface area contributed by atoms with Crippen LogP contribution in [-0.2, 0) is 0 Å². The van der Waals surface area contributed by atoms with Crippen molar-refractivity contribution in [2.45, 2.75) is 26.7 Å². The van der Waals surface area contributed by atoms with Crippen molar-refractivity contribution in [3.8, 4) is 0 Å². The SMILES string of the molecule is CCCC.[B+3].[F-].[F-].[F-]. The van der Waals surface area contributed by atoms with Gasteiger partial charge in [0.25, 0.3) is 0 Å². The molecule has 0 nitrogen and oxygen atoms in total. The molecule has 0 saturated heterocycles. The summed E-state index contributed by atoms with van der Waals surface area (Å²) in [6.07, 6.45) is 2.64. The molecule has 0 atom stereocenters. The topological polar surface area (TPSA) is 0 Å². The Hall–Kier alpha value is -0.145. The molecule has 0 bridgehead atoms. The van der Waals surface area contributed by atoms with E-state index in [9.17, 15) is 0 Å². The Bertz CT molecular complexity index is 13.2. The third-order valence-electron chi connectivity index (χ3n) is 0.500. The number of hydrogen-bond donors (Lipinski definition) is 0. The molecule has 0 fully saturated rings. The molecule has 0 unspecified atom stereocenters. The van der Waals surface area contributed by atoms with Gasteiger partial charge in [-0.15, -0.1) is 0 Å². The van der Waals surface area contributed by atoms with Gasteiger partial charge in [0.15, 0.2) is 0 Å². The molecule has 0 radical (unpaired) electrons. The van der Waals surface area contributed by atoms with E-state index in [1.54, 1.807) is 0 Å². The summed E-state index contributed by atoms with van der Waals surface area (Å²) < 4.78 is 0. The van der Waals surface area contributed by atoms with Gasteiger partial charge in [-0.05, 0) is 0 Å². The van der Waals surface area contributed by atoms with E-state index in [1.807, 2.05) is 0 Å². The van der Waals surface area contributed by atoms with Crippen molar-refractivity contribution in [1.82, 2.24) is 0 Å². The summed E-state index contributed by atoms with van der Waals surface area (Å²) in [5.74, 6) is 0. The summed E-state index contributed by atoms with van der Waals surface area (Å²) in [4.78, 5) is 0. The predicted molar refractivity (Wildman–Crippen MR) is 26.3 cm³/mol. The summed E-state index contributed by atoms with van der Waals surface area (Å²) in [5.41, 5.74) is 0. The van der Waals surface area contributed by atoms with Crippen LogP contribution in [0.1, 0.15) is 26.7 Å². The van der Waals surface area contributed by atoms with Gasteiger partial charge in [-0.3, -0.25) is 0 Å². The average molecular weight is 126 g/mol. The van der Waals surface area contributed by atoms with Gasteiger partial charge in [0, 0.05) is 0 Å². The quantitative estimate of drug-likeness (QED) is 0.306. The van der Waals surface area contributed by atoms with Crippen LogP contribution in [0.15, 0.2) is 0 Å². The van der Waals surface area contributed by atoms with Crippen LogP contribution < -0.4 is 14.1 Å². The zero-order valence-electron chi connectivity index (χ0n) is 5.13. The third-order valence-corrected chi connectivity index (χ3v) is 0.500. The van der Waals surface area contributed by atoms with Crippen molar-refractivity contribution < 1.29 is 14.1 Å². The van der Waals surface area contributed by atoms with E-state index in [4.69, 9.17) is 0 Å².